The maximum absolute atomic E-state index is 12.1. The van der Waals surface area contributed by atoms with Crippen LogP contribution in [0, 0.1) is 13.8 Å². The Bertz CT molecular complexity index is 508. The molecular weight excluding hydrogens is 216 g/mol. The lowest BCUT2D eigenvalue weighted by Crippen LogP contribution is -2.34. The lowest BCUT2D eigenvalue weighted by atomic mass is 9.99. The van der Waals surface area contributed by atoms with Gasteiger partial charge < -0.3 is 10.2 Å². The Labute approximate surface area is 101 Å². The summed E-state index contributed by atoms with van der Waals surface area (Å²) >= 11 is 0. The zero-order valence-corrected chi connectivity index (χ0v) is 10.5. The molecule has 4 heteroatoms. The summed E-state index contributed by atoms with van der Waals surface area (Å²) in [5.41, 5.74) is 3.93. The summed E-state index contributed by atoms with van der Waals surface area (Å²) in [6.45, 7) is 5.36. The smallest absolute Gasteiger partial charge is 0.254 e. The highest BCUT2D eigenvalue weighted by atomic mass is 16.2. The van der Waals surface area contributed by atoms with E-state index in [-0.39, 0.29) is 11.8 Å². The molecule has 0 aromatic heterocycles. The molecule has 1 aromatic carbocycles. The van der Waals surface area contributed by atoms with Gasteiger partial charge in [-0.1, -0.05) is 12.1 Å². The first-order valence-electron chi connectivity index (χ1n) is 5.58. The molecule has 2 amide bonds. The van der Waals surface area contributed by atoms with Crippen LogP contribution in [0.5, 0.6) is 0 Å². The molecule has 1 aliphatic rings. The van der Waals surface area contributed by atoms with Gasteiger partial charge in [-0.15, -0.1) is 0 Å². The highest BCUT2D eigenvalue weighted by Crippen LogP contribution is 2.39. The van der Waals surface area contributed by atoms with Gasteiger partial charge in [-0.3, -0.25) is 9.59 Å². The average Bonchev–Trinajstić information content (AvgIpc) is 2.49. The normalized spacial score (nSPS) is 18.2. The van der Waals surface area contributed by atoms with Crippen molar-refractivity contribution in [2.75, 3.05) is 11.9 Å². The molecule has 1 aromatic rings. The Hall–Kier alpha value is -1.84. The van der Waals surface area contributed by atoms with Gasteiger partial charge in [0, 0.05) is 19.5 Å². The van der Waals surface area contributed by atoms with Crippen molar-refractivity contribution in [3.8, 4) is 0 Å². The maximum Gasteiger partial charge on any atom is 0.254 e. The molecule has 90 valence electrons. The van der Waals surface area contributed by atoms with Crippen LogP contribution in [0.4, 0.5) is 5.69 Å². The van der Waals surface area contributed by atoms with Gasteiger partial charge in [0.05, 0.1) is 5.69 Å². The van der Waals surface area contributed by atoms with Crippen molar-refractivity contribution in [2.24, 2.45) is 0 Å². The number of hydrogen-bond acceptors (Lipinski definition) is 2. The van der Waals surface area contributed by atoms with Gasteiger partial charge >= 0.3 is 0 Å². The maximum atomic E-state index is 12.1. The molecular formula is C13H16N2O2. The summed E-state index contributed by atoms with van der Waals surface area (Å²) in [5, 5.41) is 2.72. The molecule has 0 aliphatic carbocycles. The van der Waals surface area contributed by atoms with Crippen molar-refractivity contribution >= 4 is 17.5 Å². The molecule has 1 unspecified atom stereocenters. The van der Waals surface area contributed by atoms with Gasteiger partial charge in [-0.2, -0.15) is 0 Å². The van der Waals surface area contributed by atoms with Crippen molar-refractivity contribution < 1.29 is 9.59 Å². The second kappa shape index (κ2) is 3.87. The van der Waals surface area contributed by atoms with Gasteiger partial charge in [-0.25, -0.2) is 0 Å². The van der Waals surface area contributed by atoms with E-state index in [1.807, 2.05) is 26.0 Å². The first-order chi connectivity index (χ1) is 7.93. The summed E-state index contributed by atoms with van der Waals surface area (Å²) in [6.07, 6.45) is 0. The lowest BCUT2D eigenvalue weighted by molar-refractivity contribution is -0.125. The second-order valence-corrected chi connectivity index (χ2v) is 4.49. The molecule has 1 N–H and O–H groups in total. The standard InChI is InChI=1S/C13H16N2O2/c1-7-5-6-8(2)12-10(7)11(14-9(3)16)13(17)15(12)4/h5-6,11H,1-4H3,(H,14,16). The molecule has 1 aliphatic heterocycles. The van der Waals surface area contributed by atoms with E-state index in [0.717, 1.165) is 22.4 Å². The van der Waals surface area contributed by atoms with E-state index in [2.05, 4.69) is 5.32 Å². The molecule has 1 heterocycles. The van der Waals surface area contributed by atoms with E-state index in [9.17, 15) is 9.59 Å². The fourth-order valence-corrected chi connectivity index (χ4v) is 2.39. The number of fused-ring (bicyclic) bond motifs is 1. The number of rotatable bonds is 1. The summed E-state index contributed by atoms with van der Waals surface area (Å²) in [4.78, 5) is 24.9. The van der Waals surface area contributed by atoms with Gasteiger partial charge in [0.1, 0.15) is 6.04 Å². The molecule has 2 rings (SSSR count). The number of hydrogen-bond donors (Lipinski definition) is 1. The molecule has 0 saturated heterocycles. The third kappa shape index (κ3) is 1.69. The van der Waals surface area contributed by atoms with Crippen LogP contribution in [0.25, 0.3) is 0 Å². The SMILES string of the molecule is CC(=O)NC1C(=O)N(C)c2c(C)ccc(C)c21. The number of carbonyl (C=O) groups excluding carboxylic acids is 2. The summed E-state index contributed by atoms with van der Waals surface area (Å²) in [5.74, 6) is -0.266. The summed E-state index contributed by atoms with van der Waals surface area (Å²) < 4.78 is 0. The number of amides is 2. The van der Waals surface area contributed by atoms with Gasteiger partial charge in [-0.05, 0) is 25.0 Å². The minimum Gasteiger partial charge on any atom is -0.341 e. The van der Waals surface area contributed by atoms with Crippen molar-refractivity contribution in [2.45, 2.75) is 26.8 Å². The van der Waals surface area contributed by atoms with E-state index in [4.69, 9.17) is 0 Å². The Kier molecular flexibility index (Phi) is 2.65. The lowest BCUT2D eigenvalue weighted by Gasteiger charge is -2.13. The number of anilines is 1. The predicted molar refractivity (Wildman–Crippen MR) is 65.9 cm³/mol. The average molecular weight is 232 g/mol. The summed E-state index contributed by atoms with van der Waals surface area (Å²) in [7, 11) is 1.75. The van der Waals surface area contributed by atoms with Crippen LogP contribution in [0.2, 0.25) is 0 Å². The van der Waals surface area contributed by atoms with Gasteiger partial charge in [0.15, 0.2) is 0 Å². The molecule has 17 heavy (non-hydrogen) atoms. The van der Waals surface area contributed by atoms with E-state index < -0.39 is 6.04 Å². The fraction of sp³-hybridized carbons (Fsp3) is 0.385. The highest BCUT2D eigenvalue weighted by Gasteiger charge is 2.37. The molecule has 1 atom stereocenters. The quantitative estimate of drug-likeness (QED) is 0.796. The Morgan fingerprint density at radius 1 is 1.29 bits per heavy atom. The van der Waals surface area contributed by atoms with Crippen LogP contribution in [0.1, 0.15) is 29.7 Å². The van der Waals surface area contributed by atoms with E-state index in [0.29, 0.717) is 0 Å². The number of nitrogens with zero attached hydrogens (tertiary/aromatic N) is 1. The van der Waals surface area contributed by atoms with Crippen LogP contribution in [0.3, 0.4) is 0 Å². The molecule has 0 bridgehead atoms. The minimum absolute atomic E-state index is 0.0763. The summed E-state index contributed by atoms with van der Waals surface area (Å²) in [6, 6.07) is 3.44. The zero-order valence-electron chi connectivity index (χ0n) is 10.5. The van der Waals surface area contributed by atoms with Gasteiger partial charge in [0.25, 0.3) is 5.91 Å². The largest absolute Gasteiger partial charge is 0.341 e. The Balaban J connectivity index is 2.59. The van der Waals surface area contributed by atoms with Gasteiger partial charge in [0.2, 0.25) is 5.91 Å². The minimum atomic E-state index is -0.535. The number of benzene rings is 1. The Morgan fingerprint density at radius 2 is 1.88 bits per heavy atom. The van der Waals surface area contributed by atoms with Crippen LogP contribution >= 0.6 is 0 Å². The van der Waals surface area contributed by atoms with Crippen molar-refractivity contribution in [1.82, 2.24) is 5.32 Å². The van der Waals surface area contributed by atoms with Crippen LogP contribution < -0.4 is 10.2 Å². The highest BCUT2D eigenvalue weighted by molar-refractivity contribution is 6.06. The second-order valence-electron chi connectivity index (χ2n) is 4.49. The van der Waals surface area contributed by atoms with Crippen molar-refractivity contribution in [1.29, 1.82) is 0 Å². The first-order valence-corrected chi connectivity index (χ1v) is 5.58. The first kappa shape index (κ1) is 11.6. The van der Waals surface area contributed by atoms with Crippen LogP contribution in [-0.4, -0.2) is 18.9 Å². The third-order valence-electron chi connectivity index (χ3n) is 3.19. The number of aryl methyl sites for hydroxylation is 2. The van der Waals surface area contributed by atoms with Crippen molar-refractivity contribution in [3.05, 3.63) is 28.8 Å². The van der Waals surface area contributed by atoms with Crippen molar-refractivity contribution in [3.63, 3.8) is 0 Å². The molecule has 0 radical (unpaired) electrons. The zero-order chi connectivity index (χ0) is 12.7. The van der Waals surface area contributed by atoms with Crippen LogP contribution in [0.15, 0.2) is 12.1 Å². The third-order valence-corrected chi connectivity index (χ3v) is 3.19. The van der Waals surface area contributed by atoms with Crippen LogP contribution in [-0.2, 0) is 9.59 Å². The van der Waals surface area contributed by atoms with E-state index in [1.54, 1.807) is 11.9 Å². The molecule has 4 nitrogen and oxygen atoms in total. The fourth-order valence-electron chi connectivity index (χ4n) is 2.39. The number of nitrogens with one attached hydrogen (secondary N) is 1. The van der Waals surface area contributed by atoms with E-state index in [1.165, 1.54) is 6.92 Å². The van der Waals surface area contributed by atoms with E-state index >= 15 is 0 Å². The number of likely N-dealkylation sites (N-methyl/N-ethyl adjacent to an activating group) is 1. The monoisotopic (exact) mass is 232 g/mol. The number of carbonyl (C=O) groups is 2. The topological polar surface area (TPSA) is 49.4 Å². The predicted octanol–water partition coefficient (Wildman–Crippen LogP) is 1.46. The molecule has 0 spiro atoms. The molecule has 0 saturated carbocycles. The molecule has 0 fully saturated rings. The Morgan fingerprint density at radius 3 is 2.47 bits per heavy atom.